The zero-order valence-corrected chi connectivity index (χ0v) is 11.3. The van der Waals surface area contributed by atoms with E-state index in [4.69, 9.17) is 10.5 Å². The summed E-state index contributed by atoms with van der Waals surface area (Å²) in [7, 11) is 0. The van der Waals surface area contributed by atoms with Gasteiger partial charge in [-0.1, -0.05) is 29.4 Å². The molecule has 0 amide bonds. The highest BCUT2D eigenvalue weighted by molar-refractivity contribution is 5.29. The molecule has 0 aliphatic rings. The minimum Gasteiger partial charge on any atom is -0.487 e. The van der Waals surface area contributed by atoms with Crippen LogP contribution in [0.4, 0.5) is 0 Å². The number of hydrogen-bond donors (Lipinski definition) is 1. The van der Waals surface area contributed by atoms with Crippen LogP contribution in [0.25, 0.3) is 0 Å². The summed E-state index contributed by atoms with van der Waals surface area (Å²) in [5.41, 5.74) is 8.61. The van der Waals surface area contributed by atoms with Crippen LogP contribution < -0.4 is 10.5 Å². The first kappa shape index (κ1) is 13.5. The van der Waals surface area contributed by atoms with Crippen LogP contribution in [0.15, 0.2) is 28.9 Å². The lowest BCUT2D eigenvalue weighted by Crippen LogP contribution is -2.21. The Morgan fingerprint density at radius 2 is 2.21 bits per heavy atom. The summed E-state index contributed by atoms with van der Waals surface area (Å²) in [5.74, 6) is 0.809. The Hall–Kier alpha value is -1.88. The number of benzene rings is 1. The first-order valence-electron chi connectivity index (χ1n) is 6.44. The highest BCUT2D eigenvalue weighted by atomic mass is 16.6. The van der Waals surface area contributed by atoms with Crippen LogP contribution in [-0.2, 0) is 13.0 Å². The Morgan fingerprint density at radius 1 is 1.37 bits per heavy atom. The third-order valence-corrected chi connectivity index (χ3v) is 3.04. The molecule has 1 atom stereocenters. The largest absolute Gasteiger partial charge is 0.487 e. The summed E-state index contributed by atoms with van der Waals surface area (Å²) < 4.78 is 10.3. The molecule has 1 unspecified atom stereocenters. The van der Waals surface area contributed by atoms with E-state index in [-0.39, 0.29) is 6.04 Å². The van der Waals surface area contributed by atoms with E-state index in [1.165, 1.54) is 5.56 Å². The zero-order chi connectivity index (χ0) is 13.7. The molecule has 0 saturated heterocycles. The molecular weight excluding hydrogens is 242 g/mol. The van der Waals surface area contributed by atoms with Crippen molar-refractivity contribution in [1.29, 1.82) is 0 Å². The summed E-state index contributed by atoms with van der Waals surface area (Å²) in [5, 5.41) is 7.50. The molecule has 1 aromatic heterocycles. The smallest absolute Gasteiger partial charge is 0.145 e. The molecule has 2 aromatic rings. The van der Waals surface area contributed by atoms with E-state index in [9.17, 15) is 0 Å². The third-order valence-electron chi connectivity index (χ3n) is 3.04. The van der Waals surface area contributed by atoms with Gasteiger partial charge in [-0.3, -0.25) is 0 Å². The molecule has 19 heavy (non-hydrogen) atoms. The fourth-order valence-corrected chi connectivity index (χ4v) is 1.74. The lowest BCUT2D eigenvalue weighted by Gasteiger charge is -2.10. The van der Waals surface area contributed by atoms with Crippen LogP contribution >= 0.6 is 0 Å². The van der Waals surface area contributed by atoms with Gasteiger partial charge >= 0.3 is 0 Å². The first-order valence-corrected chi connectivity index (χ1v) is 6.44. The fraction of sp³-hybridized carbons (Fsp3) is 0.429. The number of aromatic nitrogens is 2. The Balaban J connectivity index is 1.97. The topological polar surface area (TPSA) is 74.2 Å². The lowest BCUT2D eigenvalue weighted by molar-refractivity contribution is 0.270. The maximum absolute atomic E-state index is 5.95. The number of hydrogen-bond acceptors (Lipinski definition) is 5. The van der Waals surface area contributed by atoms with Crippen LogP contribution in [0.1, 0.15) is 30.3 Å². The van der Waals surface area contributed by atoms with Crippen LogP contribution in [0.3, 0.4) is 0 Å². The number of rotatable bonds is 6. The van der Waals surface area contributed by atoms with Crippen molar-refractivity contribution >= 4 is 0 Å². The average Bonchev–Trinajstić information content (AvgIpc) is 2.82. The molecule has 0 radical (unpaired) electrons. The first-order chi connectivity index (χ1) is 9.19. The van der Waals surface area contributed by atoms with Gasteiger partial charge in [-0.15, -0.1) is 0 Å². The molecule has 0 bridgehead atoms. The molecular formula is C14H19N3O2. The monoisotopic (exact) mass is 261 g/mol. The highest BCUT2D eigenvalue weighted by Crippen LogP contribution is 2.16. The molecule has 2 N–H and O–H groups in total. The van der Waals surface area contributed by atoms with E-state index < -0.39 is 0 Å². The Kier molecular flexibility index (Phi) is 4.52. The number of aryl methyl sites for hydroxylation is 1. The van der Waals surface area contributed by atoms with Crippen molar-refractivity contribution in [3.8, 4) is 5.75 Å². The molecule has 0 spiro atoms. The number of nitrogens with zero attached hydrogens (tertiary/aromatic N) is 2. The second-order valence-corrected chi connectivity index (χ2v) is 4.60. The second kappa shape index (κ2) is 6.33. The van der Waals surface area contributed by atoms with Gasteiger partial charge in [0.05, 0.1) is 0 Å². The molecule has 102 valence electrons. The number of nitrogens with two attached hydrogens (primary N) is 1. The van der Waals surface area contributed by atoms with Crippen molar-refractivity contribution in [3.05, 3.63) is 41.2 Å². The molecule has 0 aliphatic carbocycles. The predicted octanol–water partition coefficient (Wildman–Crippen LogP) is 2.24. The molecule has 1 heterocycles. The second-order valence-electron chi connectivity index (χ2n) is 4.60. The van der Waals surface area contributed by atoms with Gasteiger partial charge in [0, 0.05) is 6.04 Å². The molecule has 1 aromatic carbocycles. The van der Waals surface area contributed by atoms with E-state index in [0.29, 0.717) is 6.61 Å². The zero-order valence-electron chi connectivity index (χ0n) is 11.3. The average molecular weight is 261 g/mol. The van der Waals surface area contributed by atoms with Crippen molar-refractivity contribution < 1.29 is 9.37 Å². The van der Waals surface area contributed by atoms with E-state index in [1.54, 1.807) is 0 Å². The van der Waals surface area contributed by atoms with Crippen molar-refractivity contribution in [2.45, 2.75) is 39.3 Å². The van der Waals surface area contributed by atoms with Gasteiger partial charge in [-0.05, 0) is 37.5 Å². The molecule has 0 aliphatic heterocycles. The van der Waals surface area contributed by atoms with Crippen LogP contribution in [0.2, 0.25) is 0 Å². The minimum absolute atomic E-state index is 0.192. The Bertz CT molecular complexity index is 525. The molecule has 5 heteroatoms. The summed E-state index contributed by atoms with van der Waals surface area (Å²) in [6.07, 6.45) is 1.83. The van der Waals surface area contributed by atoms with Crippen molar-refractivity contribution in [2.75, 3.05) is 0 Å². The lowest BCUT2D eigenvalue weighted by atomic mass is 10.0. The minimum atomic E-state index is 0.192. The van der Waals surface area contributed by atoms with Gasteiger partial charge in [0.2, 0.25) is 0 Å². The van der Waals surface area contributed by atoms with Gasteiger partial charge in [-0.2, -0.15) is 0 Å². The molecule has 2 rings (SSSR count). The predicted molar refractivity (Wildman–Crippen MR) is 71.8 cm³/mol. The van der Waals surface area contributed by atoms with E-state index in [2.05, 4.69) is 27.9 Å². The summed E-state index contributed by atoms with van der Waals surface area (Å²) in [6.45, 7) is 4.29. The molecule has 5 nitrogen and oxygen atoms in total. The SMILES string of the molecule is CCC(N)Cc1cccc(OCc2nonc2C)c1. The van der Waals surface area contributed by atoms with Gasteiger partial charge < -0.3 is 10.5 Å². The quantitative estimate of drug-likeness (QED) is 0.863. The van der Waals surface area contributed by atoms with Crippen LogP contribution in [0.5, 0.6) is 5.75 Å². The van der Waals surface area contributed by atoms with Gasteiger partial charge in [0.25, 0.3) is 0 Å². The molecule has 0 fully saturated rings. The summed E-state index contributed by atoms with van der Waals surface area (Å²) in [4.78, 5) is 0. The van der Waals surface area contributed by atoms with E-state index in [0.717, 1.165) is 30.0 Å². The van der Waals surface area contributed by atoms with Crippen molar-refractivity contribution in [2.24, 2.45) is 5.73 Å². The maximum atomic E-state index is 5.95. The Morgan fingerprint density at radius 3 is 2.89 bits per heavy atom. The Labute approximate surface area is 112 Å². The van der Waals surface area contributed by atoms with E-state index in [1.807, 2.05) is 25.1 Å². The standard InChI is InChI=1S/C14H19N3O2/c1-3-12(15)7-11-5-4-6-13(8-11)18-9-14-10(2)16-19-17-14/h4-6,8,12H,3,7,9,15H2,1-2H3. The van der Waals surface area contributed by atoms with Crippen LogP contribution in [0, 0.1) is 6.92 Å². The van der Waals surface area contributed by atoms with Crippen LogP contribution in [-0.4, -0.2) is 16.4 Å². The van der Waals surface area contributed by atoms with Crippen molar-refractivity contribution in [1.82, 2.24) is 10.3 Å². The summed E-state index contributed by atoms with van der Waals surface area (Å²) in [6, 6.07) is 8.16. The van der Waals surface area contributed by atoms with Crippen molar-refractivity contribution in [3.63, 3.8) is 0 Å². The highest BCUT2D eigenvalue weighted by Gasteiger charge is 2.07. The van der Waals surface area contributed by atoms with Gasteiger partial charge in [-0.25, -0.2) is 4.63 Å². The maximum Gasteiger partial charge on any atom is 0.145 e. The normalized spacial score (nSPS) is 12.4. The molecule has 0 saturated carbocycles. The third kappa shape index (κ3) is 3.79. The summed E-state index contributed by atoms with van der Waals surface area (Å²) >= 11 is 0. The van der Waals surface area contributed by atoms with Gasteiger partial charge in [0.15, 0.2) is 0 Å². The number of ether oxygens (including phenoxy) is 1. The van der Waals surface area contributed by atoms with E-state index >= 15 is 0 Å². The fourth-order valence-electron chi connectivity index (χ4n) is 1.74. The van der Waals surface area contributed by atoms with Gasteiger partial charge in [0.1, 0.15) is 23.7 Å².